The smallest absolute Gasteiger partial charge is 0.425 e. The SMILES string of the molecule is CC(C)(C)OC(=O)N(C(=O)OC(C)(C)C)c1cc(-c2ccc(Nc3nc(N[C@@H]4CCCC[C@@H]4N)ncc3C(=O)O)cc2)ccn1. The fourth-order valence-electron chi connectivity index (χ4n) is 4.69. The molecule has 1 fully saturated rings. The first-order valence-corrected chi connectivity index (χ1v) is 14.8. The van der Waals surface area contributed by atoms with Gasteiger partial charge in [0.25, 0.3) is 0 Å². The first-order chi connectivity index (χ1) is 21.1. The van der Waals surface area contributed by atoms with Crippen molar-refractivity contribution >= 4 is 41.4 Å². The Morgan fingerprint density at radius 2 is 1.53 bits per heavy atom. The summed E-state index contributed by atoms with van der Waals surface area (Å²) in [7, 11) is 0. The topological polar surface area (TPSA) is 182 Å². The number of nitrogens with one attached hydrogen (secondary N) is 2. The predicted octanol–water partition coefficient (Wildman–Crippen LogP) is 6.34. The van der Waals surface area contributed by atoms with Crippen molar-refractivity contribution in [3.05, 3.63) is 54.4 Å². The molecule has 1 saturated carbocycles. The number of imide groups is 1. The van der Waals surface area contributed by atoms with Crippen molar-refractivity contribution in [3.8, 4) is 11.1 Å². The predicted molar refractivity (Wildman–Crippen MR) is 171 cm³/mol. The van der Waals surface area contributed by atoms with E-state index in [2.05, 4.69) is 25.6 Å². The van der Waals surface area contributed by atoms with E-state index in [4.69, 9.17) is 15.2 Å². The molecule has 2 heterocycles. The number of pyridine rings is 1. The molecule has 0 bridgehead atoms. The minimum absolute atomic E-state index is 0.00776. The Morgan fingerprint density at radius 1 is 0.911 bits per heavy atom. The van der Waals surface area contributed by atoms with E-state index >= 15 is 0 Å². The zero-order valence-electron chi connectivity index (χ0n) is 26.5. The number of rotatable bonds is 7. The molecule has 3 aromatic rings. The molecule has 0 unspecified atom stereocenters. The molecule has 0 radical (unpaired) electrons. The maximum atomic E-state index is 13.1. The monoisotopic (exact) mass is 619 g/mol. The molecule has 2 amide bonds. The van der Waals surface area contributed by atoms with Crippen LogP contribution in [0.4, 0.5) is 32.9 Å². The van der Waals surface area contributed by atoms with Gasteiger partial charge in [-0.05, 0) is 89.8 Å². The van der Waals surface area contributed by atoms with E-state index in [1.54, 1.807) is 77.9 Å². The maximum Gasteiger partial charge on any atom is 0.425 e. The summed E-state index contributed by atoms with van der Waals surface area (Å²) in [4.78, 5) is 51.7. The Bertz CT molecular complexity index is 1500. The van der Waals surface area contributed by atoms with Gasteiger partial charge in [0.05, 0.1) is 0 Å². The van der Waals surface area contributed by atoms with Gasteiger partial charge in [0, 0.05) is 30.2 Å². The number of carboxylic acids is 1. The Labute approximate surface area is 262 Å². The third-order valence-corrected chi connectivity index (χ3v) is 6.76. The van der Waals surface area contributed by atoms with Crippen LogP contribution >= 0.6 is 0 Å². The van der Waals surface area contributed by atoms with Crippen LogP contribution in [0.1, 0.15) is 77.6 Å². The van der Waals surface area contributed by atoms with Crippen LogP contribution in [0.3, 0.4) is 0 Å². The summed E-state index contributed by atoms with van der Waals surface area (Å²) in [6, 6.07) is 10.4. The van der Waals surface area contributed by atoms with Crippen molar-refractivity contribution in [3.63, 3.8) is 0 Å². The zero-order chi connectivity index (χ0) is 32.9. The van der Waals surface area contributed by atoms with Gasteiger partial charge in [-0.25, -0.2) is 24.4 Å². The molecule has 4 rings (SSSR count). The van der Waals surface area contributed by atoms with Crippen LogP contribution in [0.25, 0.3) is 11.1 Å². The Kier molecular flexibility index (Phi) is 9.91. The highest BCUT2D eigenvalue weighted by Crippen LogP contribution is 2.28. The van der Waals surface area contributed by atoms with Gasteiger partial charge in [-0.15, -0.1) is 0 Å². The zero-order valence-corrected chi connectivity index (χ0v) is 26.5. The molecule has 1 aliphatic rings. The standard InChI is InChI=1S/C32H41N7O6/c1-31(2,3)44-29(42)39(30(43)45-32(4,5)6)25-17-20(15-16-34-25)19-11-13-21(14-12-19)36-26-22(27(40)41)18-35-28(38-26)37-24-10-8-7-9-23(24)33/h11-18,23-24H,7-10,33H2,1-6H3,(H,40,41)(H2,35,36,37,38)/t23-,24+/m0/s1. The molecule has 240 valence electrons. The second-order valence-electron chi connectivity index (χ2n) is 12.9. The molecule has 13 nitrogen and oxygen atoms in total. The van der Waals surface area contributed by atoms with Crippen LogP contribution in [0.5, 0.6) is 0 Å². The van der Waals surface area contributed by atoms with Gasteiger partial charge in [-0.3, -0.25) is 0 Å². The number of carbonyl (C=O) groups is 3. The Morgan fingerprint density at radius 3 is 2.11 bits per heavy atom. The third kappa shape index (κ3) is 9.11. The van der Waals surface area contributed by atoms with Crippen molar-refractivity contribution in [1.29, 1.82) is 0 Å². The average molecular weight is 620 g/mol. The van der Waals surface area contributed by atoms with Crippen LogP contribution in [0, 0.1) is 0 Å². The van der Waals surface area contributed by atoms with E-state index in [0.29, 0.717) is 17.2 Å². The number of aromatic nitrogens is 3. The summed E-state index contributed by atoms with van der Waals surface area (Å²) in [6.07, 6.45) is 4.83. The second kappa shape index (κ2) is 13.5. The molecule has 0 spiro atoms. The number of aromatic carboxylic acids is 1. The van der Waals surface area contributed by atoms with E-state index in [1.165, 1.54) is 12.4 Å². The number of amides is 2. The number of anilines is 4. The quantitative estimate of drug-likeness (QED) is 0.231. The van der Waals surface area contributed by atoms with Gasteiger partial charge < -0.3 is 30.9 Å². The van der Waals surface area contributed by atoms with E-state index in [9.17, 15) is 19.5 Å². The number of carboxylic acid groups (broad SMARTS) is 1. The molecule has 2 atom stereocenters. The summed E-state index contributed by atoms with van der Waals surface area (Å²) in [6.45, 7) is 10.2. The number of benzene rings is 1. The summed E-state index contributed by atoms with van der Waals surface area (Å²) >= 11 is 0. The molecule has 2 aromatic heterocycles. The van der Waals surface area contributed by atoms with Gasteiger partial charge in [-0.1, -0.05) is 25.0 Å². The van der Waals surface area contributed by atoms with Crippen molar-refractivity contribution in [2.75, 3.05) is 15.5 Å². The van der Waals surface area contributed by atoms with Crippen molar-refractivity contribution in [1.82, 2.24) is 15.0 Å². The number of nitrogens with zero attached hydrogens (tertiary/aromatic N) is 4. The number of ether oxygens (including phenoxy) is 2. The van der Waals surface area contributed by atoms with Crippen LogP contribution < -0.4 is 21.3 Å². The van der Waals surface area contributed by atoms with Crippen LogP contribution in [-0.4, -0.2) is 61.5 Å². The average Bonchev–Trinajstić information content (AvgIpc) is 2.93. The number of carbonyl (C=O) groups excluding carboxylic acids is 2. The highest BCUT2D eigenvalue weighted by Gasteiger charge is 2.33. The molecule has 1 aliphatic carbocycles. The summed E-state index contributed by atoms with van der Waals surface area (Å²) < 4.78 is 10.9. The van der Waals surface area contributed by atoms with E-state index in [0.717, 1.165) is 36.1 Å². The largest absolute Gasteiger partial charge is 0.477 e. The second-order valence-corrected chi connectivity index (χ2v) is 12.9. The molecule has 1 aromatic carbocycles. The van der Waals surface area contributed by atoms with Crippen molar-refractivity contribution < 1.29 is 29.0 Å². The molecular weight excluding hydrogens is 578 g/mol. The lowest BCUT2D eigenvalue weighted by Crippen LogP contribution is -2.44. The lowest BCUT2D eigenvalue weighted by Gasteiger charge is -2.29. The molecule has 13 heteroatoms. The fourth-order valence-corrected chi connectivity index (χ4v) is 4.69. The van der Waals surface area contributed by atoms with E-state index in [-0.39, 0.29) is 29.3 Å². The normalized spacial score (nSPS) is 16.8. The maximum absolute atomic E-state index is 13.1. The summed E-state index contributed by atoms with van der Waals surface area (Å²) in [5.41, 5.74) is 6.43. The lowest BCUT2D eigenvalue weighted by molar-refractivity contribution is 0.0428. The van der Waals surface area contributed by atoms with Crippen molar-refractivity contribution in [2.45, 2.75) is 90.5 Å². The van der Waals surface area contributed by atoms with Crippen LogP contribution in [0.2, 0.25) is 0 Å². The summed E-state index contributed by atoms with van der Waals surface area (Å²) in [5.74, 6) is -0.708. The van der Waals surface area contributed by atoms with Gasteiger partial charge in [0.2, 0.25) is 5.95 Å². The molecule has 45 heavy (non-hydrogen) atoms. The first kappa shape index (κ1) is 33.1. The minimum Gasteiger partial charge on any atom is -0.477 e. The minimum atomic E-state index is -1.17. The third-order valence-electron chi connectivity index (χ3n) is 6.76. The molecular formula is C32H41N7O6. The van der Waals surface area contributed by atoms with Gasteiger partial charge in [0.15, 0.2) is 5.82 Å². The van der Waals surface area contributed by atoms with Crippen molar-refractivity contribution in [2.24, 2.45) is 5.73 Å². The molecule has 0 saturated heterocycles. The highest BCUT2D eigenvalue weighted by atomic mass is 16.6. The van der Waals surface area contributed by atoms with E-state index in [1.807, 2.05) is 0 Å². The highest BCUT2D eigenvalue weighted by molar-refractivity contribution is 6.09. The van der Waals surface area contributed by atoms with E-state index < -0.39 is 29.4 Å². The Hall–Kier alpha value is -4.78. The molecule has 5 N–H and O–H groups in total. The van der Waals surface area contributed by atoms with Gasteiger partial charge in [-0.2, -0.15) is 9.88 Å². The number of hydrogen-bond acceptors (Lipinski definition) is 11. The molecule has 0 aliphatic heterocycles. The number of nitrogens with two attached hydrogens (primary N) is 1. The lowest BCUT2D eigenvalue weighted by atomic mass is 9.91. The van der Waals surface area contributed by atoms with Gasteiger partial charge in [0.1, 0.15) is 22.6 Å². The number of hydrogen-bond donors (Lipinski definition) is 4. The van der Waals surface area contributed by atoms with Gasteiger partial charge >= 0.3 is 18.2 Å². The fraction of sp³-hybridized carbons (Fsp3) is 0.438. The van der Waals surface area contributed by atoms with Crippen LogP contribution in [0.15, 0.2) is 48.8 Å². The van der Waals surface area contributed by atoms with Crippen LogP contribution in [-0.2, 0) is 9.47 Å². The first-order valence-electron chi connectivity index (χ1n) is 14.8. The summed E-state index contributed by atoms with van der Waals surface area (Å²) in [5, 5.41) is 16.1. The Balaban J connectivity index is 1.57.